The van der Waals surface area contributed by atoms with Gasteiger partial charge in [0.2, 0.25) is 0 Å². The van der Waals surface area contributed by atoms with Crippen molar-refractivity contribution in [3.05, 3.63) is 352 Å². The van der Waals surface area contributed by atoms with Gasteiger partial charge in [-0.25, -0.2) is 0 Å². The highest BCUT2D eigenvalue weighted by molar-refractivity contribution is 7.88. The van der Waals surface area contributed by atoms with Gasteiger partial charge in [-0.15, -0.1) is 0 Å². The lowest BCUT2D eigenvalue weighted by Gasteiger charge is -2.14. The molecule has 12 heteroatoms. The molecule has 0 unspecified atom stereocenters. The summed E-state index contributed by atoms with van der Waals surface area (Å²) in [6.07, 6.45) is 0. The smallest absolute Gasteiger partial charge is 0.423 e. The highest BCUT2D eigenvalue weighted by Crippen LogP contribution is 2.47. The Balaban J connectivity index is 0.000000119. The molecular formula is C93H60BF3N2O5S. The van der Waals surface area contributed by atoms with Crippen molar-refractivity contribution in [1.82, 2.24) is 9.13 Å². The van der Waals surface area contributed by atoms with Gasteiger partial charge in [0.15, 0.2) is 5.75 Å². The molecule has 2 heterocycles. The number of fused-ring (bicyclic) bond motifs is 20. The number of halogens is 3. The molecule has 2 aromatic heterocycles. The third kappa shape index (κ3) is 11.1. The van der Waals surface area contributed by atoms with Gasteiger partial charge in [-0.1, -0.05) is 291 Å². The van der Waals surface area contributed by atoms with Gasteiger partial charge in [0.25, 0.3) is 0 Å². The number of alkyl halides is 3. The SMILES string of the molecule is O=S(=O)(Oc1cc2c(c3ccccc13)c1c3ccccc3ccc1n2-c1ccccc1)C(F)(F)F.OB(O)c1ccc(-c2cc3ccccc3c3ccccc23)cc1.c1ccc(-n2c3ccc4ccccc4c3c3c4ccccc4c(-c4ccc(-c5cc6ccccc6c6ccccc56)cc4)cc32)cc1. The van der Waals surface area contributed by atoms with Crippen LogP contribution in [0.2, 0.25) is 0 Å². The van der Waals surface area contributed by atoms with Gasteiger partial charge in [0.1, 0.15) is 0 Å². The first-order chi connectivity index (χ1) is 51.3. The third-order valence-corrected chi connectivity index (χ3v) is 21.3. The van der Waals surface area contributed by atoms with Crippen LogP contribution in [0.1, 0.15) is 0 Å². The molecule has 0 saturated heterocycles. The molecule has 105 heavy (non-hydrogen) atoms. The summed E-state index contributed by atoms with van der Waals surface area (Å²) in [6.45, 7) is 0. The van der Waals surface area contributed by atoms with Gasteiger partial charge < -0.3 is 23.4 Å². The largest absolute Gasteiger partial charge is 0.534 e. The van der Waals surface area contributed by atoms with Crippen LogP contribution in [0, 0.1) is 0 Å². The van der Waals surface area contributed by atoms with Gasteiger partial charge in [-0.05, 0) is 174 Å². The summed E-state index contributed by atoms with van der Waals surface area (Å²) in [5, 5.41) is 40.8. The summed E-state index contributed by atoms with van der Waals surface area (Å²) >= 11 is 0. The first-order valence-electron chi connectivity index (χ1n) is 34.6. The molecular weight excluding hydrogens is 1320 g/mol. The van der Waals surface area contributed by atoms with Crippen LogP contribution in [0.3, 0.4) is 0 Å². The molecule has 0 atom stereocenters. The van der Waals surface area contributed by atoms with Crippen molar-refractivity contribution >= 4 is 152 Å². The summed E-state index contributed by atoms with van der Waals surface area (Å²) in [5.41, 5.74) is 7.89. The minimum atomic E-state index is -5.86. The number of hydrogen-bond donors (Lipinski definition) is 2. The number of benzene rings is 18. The van der Waals surface area contributed by atoms with Crippen molar-refractivity contribution in [2.24, 2.45) is 0 Å². The fraction of sp³-hybridized carbons (Fsp3) is 0.0108. The molecule has 0 spiro atoms. The second kappa shape index (κ2) is 25.9. The van der Waals surface area contributed by atoms with Crippen LogP contribution in [0.25, 0.3) is 175 Å². The molecule has 20 aromatic rings. The van der Waals surface area contributed by atoms with E-state index in [1.165, 1.54) is 120 Å². The predicted molar refractivity (Wildman–Crippen MR) is 430 cm³/mol. The predicted octanol–water partition coefficient (Wildman–Crippen LogP) is 23.4. The van der Waals surface area contributed by atoms with E-state index in [1.54, 1.807) is 36.4 Å². The normalized spacial score (nSPS) is 11.9. The van der Waals surface area contributed by atoms with Crippen LogP contribution in [-0.2, 0) is 10.1 Å². The van der Waals surface area contributed by atoms with Gasteiger partial charge in [-0.2, -0.15) is 21.6 Å². The van der Waals surface area contributed by atoms with Crippen LogP contribution >= 0.6 is 0 Å². The maximum atomic E-state index is 13.2. The standard InChI is InChI=1S/C46H29N.C27H16F3NO3S.C20H15BO2/c1-2-14-34(15-3-1)47-43-27-26-30-12-4-7-17-36(30)45(43)46-40-21-11-10-20-39(40)42(29-44(46)47)32-24-22-31(23-25-32)41-28-33-13-5-6-16-35(33)37-18-8-9-19-38(37)41;28-27(29,30)35(32,33)34-24-16-23-26(21-13-7-6-12-20(21)24)25-19-11-5-4-8-17(19)14-15-22(25)31(23)18-9-2-1-3-10-18;22-21(23)16-11-9-14(10-12-16)20-13-15-5-1-2-6-17(15)18-7-3-4-8-19(18)20/h1-29H;1-16H;1-13,22-23H. The van der Waals surface area contributed by atoms with Crippen molar-refractivity contribution in [1.29, 1.82) is 0 Å². The van der Waals surface area contributed by atoms with E-state index in [2.05, 4.69) is 223 Å². The average molecular weight is 1390 g/mol. The Hall–Kier alpha value is -12.8. The van der Waals surface area contributed by atoms with Crippen molar-refractivity contribution in [3.8, 4) is 50.5 Å². The fourth-order valence-corrected chi connectivity index (χ4v) is 16.1. The molecule has 20 rings (SSSR count). The number of hydrogen-bond acceptors (Lipinski definition) is 5. The van der Waals surface area contributed by atoms with E-state index in [4.69, 9.17) is 4.18 Å². The summed E-state index contributed by atoms with van der Waals surface area (Å²) in [5.74, 6) is -0.380. The van der Waals surface area contributed by atoms with Gasteiger partial charge >= 0.3 is 22.7 Å². The Morgan fingerprint density at radius 3 is 1.03 bits per heavy atom. The fourth-order valence-electron chi connectivity index (χ4n) is 15.7. The van der Waals surface area contributed by atoms with E-state index < -0.39 is 22.7 Å². The third-order valence-electron chi connectivity index (χ3n) is 20.4. The van der Waals surface area contributed by atoms with Crippen molar-refractivity contribution in [3.63, 3.8) is 0 Å². The topological polar surface area (TPSA) is 93.7 Å². The van der Waals surface area contributed by atoms with E-state index in [0.717, 1.165) is 43.9 Å². The first kappa shape index (κ1) is 64.3. The Bertz CT molecular complexity index is 6960. The average Bonchev–Trinajstić information content (AvgIpc) is 1.56. The Morgan fingerprint density at radius 1 is 0.286 bits per heavy atom. The van der Waals surface area contributed by atoms with E-state index in [-0.39, 0.29) is 11.1 Å². The lowest BCUT2D eigenvalue weighted by atomic mass is 9.79. The Morgan fingerprint density at radius 2 is 0.600 bits per heavy atom. The zero-order chi connectivity index (χ0) is 71.1. The molecule has 18 aromatic carbocycles. The second-order valence-electron chi connectivity index (χ2n) is 26.3. The maximum absolute atomic E-state index is 13.2. The minimum absolute atomic E-state index is 0.271. The van der Waals surface area contributed by atoms with Crippen molar-refractivity contribution in [2.75, 3.05) is 0 Å². The van der Waals surface area contributed by atoms with Gasteiger partial charge in [-0.3, -0.25) is 0 Å². The molecule has 0 aliphatic rings. The molecule has 0 amide bonds. The van der Waals surface area contributed by atoms with Gasteiger partial charge in [0, 0.05) is 44.4 Å². The number of para-hydroxylation sites is 2. The van der Waals surface area contributed by atoms with Crippen LogP contribution in [0.15, 0.2) is 352 Å². The molecule has 0 fully saturated rings. The van der Waals surface area contributed by atoms with Crippen molar-refractivity contribution < 1.29 is 35.8 Å². The molecule has 0 radical (unpaired) electrons. The zero-order valence-electron chi connectivity index (χ0n) is 56.1. The zero-order valence-corrected chi connectivity index (χ0v) is 56.9. The molecule has 0 aliphatic heterocycles. The first-order valence-corrected chi connectivity index (χ1v) is 36.0. The molecule has 0 bridgehead atoms. The highest BCUT2D eigenvalue weighted by atomic mass is 32.2. The number of aromatic nitrogens is 2. The minimum Gasteiger partial charge on any atom is -0.423 e. The molecule has 2 N–H and O–H groups in total. The molecule has 0 aliphatic carbocycles. The number of rotatable bonds is 8. The lowest BCUT2D eigenvalue weighted by molar-refractivity contribution is -0.0499. The summed E-state index contributed by atoms with van der Waals surface area (Å²) in [4.78, 5) is 0. The summed E-state index contributed by atoms with van der Waals surface area (Å²) in [7, 11) is -7.30. The van der Waals surface area contributed by atoms with Crippen LogP contribution in [0.5, 0.6) is 5.75 Å². The van der Waals surface area contributed by atoms with E-state index in [0.29, 0.717) is 16.4 Å². The van der Waals surface area contributed by atoms with E-state index in [1.807, 2.05) is 95.6 Å². The quantitative estimate of drug-likeness (QED) is 0.0684. The van der Waals surface area contributed by atoms with Gasteiger partial charge in [0.05, 0.1) is 22.1 Å². The second-order valence-corrected chi connectivity index (χ2v) is 27.9. The maximum Gasteiger partial charge on any atom is 0.534 e. The summed E-state index contributed by atoms with van der Waals surface area (Å²) in [6, 6.07) is 120. The molecule has 0 saturated carbocycles. The van der Waals surface area contributed by atoms with Crippen LogP contribution < -0.4 is 9.65 Å². The van der Waals surface area contributed by atoms with Crippen LogP contribution in [-0.4, -0.2) is 40.2 Å². The van der Waals surface area contributed by atoms with Crippen molar-refractivity contribution in [2.45, 2.75) is 5.51 Å². The Labute approximate surface area is 601 Å². The van der Waals surface area contributed by atoms with E-state index >= 15 is 0 Å². The molecule has 502 valence electrons. The monoisotopic (exact) mass is 1380 g/mol. The Kier molecular flexibility index (Phi) is 15.9. The van der Waals surface area contributed by atoms with Crippen LogP contribution in [0.4, 0.5) is 13.2 Å². The van der Waals surface area contributed by atoms with E-state index in [9.17, 15) is 31.6 Å². The lowest BCUT2D eigenvalue weighted by Crippen LogP contribution is -2.29. The number of nitrogens with zero attached hydrogens (tertiary/aromatic N) is 2. The highest BCUT2D eigenvalue weighted by Gasteiger charge is 2.49. The summed E-state index contributed by atoms with van der Waals surface area (Å²) < 4.78 is 72.6. The molecule has 7 nitrogen and oxygen atoms in total.